The molecule has 88 valence electrons. The van der Waals surface area contributed by atoms with Gasteiger partial charge in [-0.25, -0.2) is 0 Å². The predicted molar refractivity (Wildman–Crippen MR) is 66.9 cm³/mol. The molecule has 1 fully saturated rings. The molecule has 0 spiro atoms. The average molecular weight is 260 g/mol. The van der Waals surface area contributed by atoms with Crippen LogP contribution in [0.4, 0.5) is 0 Å². The number of hydrogen-bond donors (Lipinski definition) is 1. The van der Waals surface area contributed by atoms with Crippen LogP contribution in [0.15, 0.2) is 18.2 Å². The first-order valence-electron chi connectivity index (χ1n) is 5.46. The zero-order valence-corrected chi connectivity index (χ0v) is 10.5. The second-order valence-corrected chi connectivity index (χ2v) is 5.07. The monoisotopic (exact) mass is 259 g/mol. The molecule has 2 nitrogen and oxygen atoms in total. The Hall–Kier alpha value is -0.280. The SMILES string of the molecule is NC1CCC(OCc2ccc(Cl)c(Cl)c2)C1. The highest BCUT2D eigenvalue weighted by molar-refractivity contribution is 6.41. The van der Waals surface area contributed by atoms with Gasteiger partial charge in [-0.3, -0.25) is 0 Å². The summed E-state index contributed by atoms with van der Waals surface area (Å²) in [6.45, 7) is 0.578. The molecule has 2 rings (SSSR count). The van der Waals surface area contributed by atoms with Crippen molar-refractivity contribution in [3.8, 4) is 0 Å². The van der Waals surface area contributed by atoms with Crippen LogP contribution in [0.2, 0.25) is 10.0 Å². The van der Waals surface area contributed by atoms with Crippen molar-refractivity contribution in [2.24, 2.45) is 5.73 Å². The van der Waals surface area contributed by atoms with Gasteiger partial charge in [-0.05, 0) is 37.0 Å². The van der Waals surface area contributed by atoms with Crippen LogP contribution in [0.25, 0.3) is 0 Å². The van der Waals surface area contributed by atoms with E-state index in [0.717, 1.165) is 24.8 Å². The lowest BCUT2D eigenvalue weighted by Gasteiger charge is -2.11. The number of halogens is 2. The topological polar surface area (TPSA) is 35.2 Å². The first-order valence-corrected chi connectivity index (χ1v) is 6.22. The Labute approximate surface area is 106 Å². The van der Waals surface area contributed by atoms with Gasteiger partial charge in [-0.15, -0.1) is 0 Å². The van der Waals surface area contributed by atoms with E-state index in [-0.39, 0.29) is 0 Å². The van der Waals surface area contributed by atoms with E-state index in [1.807, 2.05) is 12.1 Å². The van der Waals surface area contributed by atoms with Gasteiger partial charge in [0.15, 0.2) is 0 Å². The molecule has 0 saturated heterocycles. The van der Waals surface area contributed by atoms with E-state index in [1.165, 1.54) is 0 Å². The maximum absolute atomic E-state index is 5.92. The molecule has 1 aliphatic rings. The van der Waals surface area contributed by atoms with Gasteiger partial charge < -0.3 is 10.5 Å². The second-order valence-electron chi connectivity index (χ2n) is 4.25. The zero-order valence-electron chi connectivity index (χ0n) is 8.96. The van der Waals surface area contributed by atoms with Crippen molar-refractivity contribution in [1.82, 2.24) is 0 Å². The van der Waals surface area contributed by atoms with Gasteiger partial charge >= 0.3 is 0 Å². The molecule has 1 aromatic carbocycles. The Kier molecular flexibility index (Phi) is 4.09. The molecular weight excluding hydrogens is 245 g/mol. The highest BCUT2D eigenvalue weighted by Gasteiger charge is 2.22. The number of benzene rings is 1. The molecule has 0 amide bonds. The largest absolute Gasteiger partial charge is 0.373 e. The molecule has 1 aromatic rings. The molecule has 0 aromatic heterocycles. The van der Waals surface area contributed by atoms with Crippen molar-refractivity contribution in [3.63, 3.8) is 0 Å². The van der Waals surface area contributed by atoms with Crippen molar-refractivity contribution < 1.29 is 4.74 Å². The van der Waals surface area contributed by atoms with Gasteiger partial charge in [0.05, 0.1) is 22.8 Å². The van der Waals surface area contributed by atoms with Crippen molar-refractivity contribution in [1.29, 1.82) is 0 Å². The zero-order chi connectivity index (χ0) is 11.5. The lowest BCUT2D eigenvalue weighted by Crippen LogP contribution is -2.17. The minimum Gasteiger partial charge on any atom is -0.373 e. The first-order chi connectivity index (χ1) is 7.65. The van der Waals surface area contributed by atoms with E-state index in [9.17, 15) is 0 Å². The summed E-state index contributed by atoms with van der Waals surface area (Å²) in [5.41, 5.74) is 6.87. The third kappa shape index (κ3) is 3.11. The minimum absolute atomic E-state index is 0.296. The Bertz CT molecular complexity index is 370. The number of hydrogen-bond acceptors (Lipinski definition) is 2. The number of ether oxygens (including phenoxy) is 1. The summed E-state index contributed by atoms with van der Waals surface area (Å²) in [5, 5.41) is 1.15. The summed E-state index contributed by atoms with van der Waals surface area (Å²) in [4.78, 5) is 0. The lowest BCUT2D eigenvalue weighted by molar-refractivity contribution is 0.0448. The Balaban J connectivity index is 1.87. The number of rotatable bonds is 3. The van der Waals surface area contributed by atoms with Gasteiger partial charge in [0.1, 0.15) is 0 Å². The Morgan fingerprint density at radius 3 is 2.69 bits per heavy atom. The molecule has 0 bridgehead atoms. The van der Waals surface area contributed by atoms with E-state index in [1.54, 1.807) is 6.07 Å². The van der Waals surface area contributed by atoms with Crippen LogP contribution in [-0.4, -0.2) is 12.1 Å². The van der Waals surface area contributed by atoms with E-state index in [0.29, 0.717) is 28.8 Å². The fourth-order valence-electron chi connectivity index (χ4n) is 1.97. The van der Waals surface area contributed by atoms with Crippen LogP contribution in [-0.2, 0) is 11.3 Å². The lowest BCUT2D eigenvalue weighted by atomic mass is 10.2. The van der Waals surface area contributed by atoms with Crippen molar-refractivity contribution in [2.45, 2.75) is 38.0 Å². The molecule has 2 N–H and O–H groups in total. The maximum atomic E-state index is 5.92. The summed E-state index contributed by atoms with van der Waals surface area (Å²) >= 11 is 11.8. The van der Waals surface area contributed by atoms with Crippen LogP contribution in [0.5, 0.6) is 0 Å². The van der Waals surface area contributed by atoms with Crippen LogP contribution in [0, 0.1) is 0 Å². The fourth-order valence-corrected chi connectivity index (χ4v) is 2.29. The van der Waals surface area contributed by atoms with Gasteiger partial charge in [-0.2, -0.15) is 0 Å². The molecule has 16 heavy (non-hydrogen) atoms. The van der Waals surface area contributed by atoms with E-state index in [4.69, 9.17) is 33.7 Å². The predicted octanol–water partition coefficient (Wildman–Crippen LogP) is 3.39. The molecule has 2 unspecified atom stereocenters. The highest BCUT2D eigenvalue weighted by Crippen LogP contribution is 2.25. The highest BCUT2D eigenvalue weighted by atomic mass is 35.5. The molecule has 4 heteroatoms. The minimum atomic E-state index is 0.296. The molecule has 2 atom stereocenters. The van der Waals surface area contributed by atoms with Crippen LogP contribution in [0.1, 0.15) is 24.8 Å². The van der Waals surface area contributed by atoms with Crippen LogP contribution < -0.4 is 5.73 Å². The van der Waals surface area contributed by atoms with Gasteiger partial charge in [0.25, 0.3) is 0 Å². The average Bonchev–Trinajstić information content (AvgIpc) is 2.66. The van der Waals surface area contributed by atoms with E-state index >= 15 is 0 Å². The summed E-state index contributed by atoms with van der Waals surface area (Å²) in [7, 11) is 0. The molecule has 1 aliphatic carbocycles. The number of nitrogens with two attached hydrogens (primary N) is 1. The second kappa shape index (κ2) is 5.37. The standard InChI is InChI=1S/C12H15Cl2NO/c13-11-4-1-8(5-12(11)14)7-16-10-3-2-9(15)6-10/h1,4-5,9-10H,2-3,6-7,15H2. The third-order valence-corrected chi connectivity index (χ3v) is 3.63. The third-order valence-electron chi connectivity index (χ3n) is 2.89. The summed E-state index contributed by atoms with van der Waals surface area (Å²) in [6.07, 6.45) is 3.38. The smallest absolute Gasteiger partial charge is 0.0721 e. The van der Waals surface area contributed by atoms with Gasteiger partial charge in [0, 0.05) is 6.04 Å². The normalized spacial score (nSPS) is 24.9. The van der Waals surface area contributed by atoms with Crippen LogP contribution >= 0.6 is 23.2 Å². The first kappa shape index (κ1) is 12.2. The van der Waals surface area contributed by atoms with Crippen LogP contribution in [0.3, 0.4) is 0 Å². The summed E-state index contributed by atoms with van der Waals surface area (Å²) < 4.78 is 5.77. The molecule has 0 radical (unpaired) electrons. The van der Waals surface area contributed by atoms with E-state index in [2.05, 4.69) is 0 Å². The van der Waals surface area contributed by atoms with E-state index < -0.39 is 0 Å². The molecule has 1 saturated carbocycles. The van der Waals surface area contributed by atoms with Gasteiger partial charge in [-0.1, -0.05) is 29.3 Å². The van der Waals surface area contributed by atoms with Crippen molar-refractivity contribution >= 4 is 23.2 Å². The summed E-state index contributed by atoms with van der Waals surface area (Å²) in [5.74, 6) is 0. The van der Waals surface area contributed by atoms with Gasteiger partial charge in [0.2, 0.25) is 0 Å². The Morgan fingerprint density at radius 1 is 1.25 bits per heavy atom. The maximum Gasteiger partial charge on any atom is 0.0721 e. The Morgan fingerprint density at radius 2 is 2.06 bits per heavy atom. The summed E-state index contributed by atoms with van der Waals surface area (Å²) in [6, 6.07) is 5.88. The van der Waals surface area contributed by atoms with Crippen molar-refractivity contribution in [3.05, 3.63) is 33.8 Å². The quantitative estimate of drug-likeness (QED) is 0.904. The van der Waals surface area contributed by atoms with Crippen molar-refractivity contribution in [2.75, 3.05) is 0 Å². The molecule has 0 heterocycles. The fraction of sp³-hybridized carbons (Fsp3) is 0.500. The molecular formula is C12H15Cl2NO. The molecule has 0 aliphatic heterocycles.